The first-order valence-corrected chi connectivity index (χ1v) is 10.7. The van der Waals surface area contributed by atoms with Crippen molar-refractivity contribution in [2.45, 2.75) is 39.2 Å². The molecule has 1 fully saturated rings. The Morgan fingerprint density at radius 3 is 2.69 bits per heavy atom. The van der Waals surface area contributed by atoms with E-state index in [9.17, 15) is 4.79 Å². The van der Waals surface area contributed by atoms with E-state index in [1.165, 1.54) is 5.56 Å². The van der Waals surface area contributed by atoms with Gasteiger partial charge in [0.2, 0.25) is 5.91 Å². The zero-order valence-corrected chi connectivity index (χ0v) is 17.4. The molecule has 5 nitrogen and oxygen atoms in total. The molecule has 0 saturated carbocycles. The van der Waals surface area contributed by atoms with E-state index in [-0.39, 0.29) is 11.9 Å². The van der Waals surface area contributed by atoms with E-state index in [2.05, 4.69) is 30.0 Å². The minimum atomic E-state index is 0.156. The number of hydrogen-bond acceptors (Lipinski definition) is 4. The molecule has 5 heteroatoms. The summed E-state index contributed by atoms with van der Waals surface area (Å²) in [6, 6.07) is 14.6. The summed E-state index contributed by atoms with van der Waals surface area (Å²) < 4.78 is 11.6. The Kier molecular flexibility index (Phi) is 6.05. The quantitative estimate of drug-likeness (QED) is 0.756. The molecule has 0 bridgehead atoms. The molecule has 2 aromatic carbocycles. The van der Waals surface area contributed by atoms with Crippen molar-refractivity contribution in [2.75, 3.05) is 37.7 Å². The summed E-state index contributed by atoms with van der Waals surface area (Å²) in [5.41, 5.74) is 3.34. The van der Waals surface area contributed by atoms with Crippen LogP contribution in [0.4, 0.5) is 5.69 Å². The minimum Gasteiger partial charge on any atom is -0.490 e. The molecule has 0 spiro atoms. The van der Waals surface area contributed by atoms with Gasteiger partial charge in [0.05, 0.1) is 19.8 Å². The summed E-state index contributed by atoms with van der Waals surface area (Å²) in [5, 5.41) is 0. The number of amides is 1. The van der Waals surface area contributed by atoms with E-state index >= 15 is 0 Å². The van der Waals surface area contributed by atoms with Crippen LogP contribution in [0.3, 0.4) is 0 Å². The third kappa shape index (κ3) is 4.25. The van der Waals surface area contributed by atoms with Crippen LogP contribution in [-0.4, -0.2) is 43.7 Å². The Balaban J connectivity index is 1.51. The van der Waals surface area contributed by atoms with E-state index < -0.39 is 0 Å². The predicted molar refractivity (Wildman–Crippen MR) is 115 cm³/mol. The van der Waals surface area contributed by atoms with Gasteiger partial charge >= 0.3 is 0 Å². The van der Waals surface area contributed by atoms with Crippen molar-refractivity contribution in [3.05, 3.63) is 53.6 Å². The van der Waals surface area contributed by atoms with Crippen LogP contribution in [0.2, 0.25) is 0 Å². The van der Waals surface area contributed by atoms with Crippen molar-refractivity contribution >= 4 is 11.6 Å². The van der Waals surface area contributed by atoms with Crippen molar-refractivity contribution in [3.8, 4) is 11.5 Å². The van der Waals surface area contributed by atoms with Crippen LogP contribution in [-0.2, 0) is 4.79 Å². The van der Waals surface area contributed by atoms with E-state index in [1.807, 2.05) is 36.1 Å². The monoisotopic (exact) mass is 394 g/mol. The molecule has 1 atom stereocenters. The second-order valence-electron chi connectivity index (χ2n) is 7.81. The zero-order valence-electron chi connectivity index (χ0n) is 17.4. The Morgan fingerprint density at radius 2 is 1.90 bits per heavy atom. The van der Waals surface area contributed by atoms with Crippen LogP contribution in [0.1, 0.15) is 43.4 Å². The van der Waals surface area contributed by atoms with Gasteiger partial charge in [-0.1, -0.05) is 24.3 Å². The highest BCUT2D eigenvalue weighted by atomic mass is 16.5. The van der Waals surface area contributed by atoms with Crippen molar-refractivity contribution in [3.63, 3.8) is 0 Å². The minimum absolute atomic E-state index is 0.156. The number of anilines is 1. The molecule has 0 aliphatic carbocycles. The van der Waals surface area contributed by atoms with Crippen LogP contribution in [0.15, 0.2) is 42.5 Å². The summed E-state index contributed by atoms with van der Waals surface area (Å²) in [6.07, 6.45) is 3.06. The molecule has 0 radical (unpaired) electrons. The second kappa shape index (κ2) is 8.87. The molecule has 1 amide bonds. The Bertz CT molecular complexity index is 867. The number of aryl methyl sites for hydroxylation is 1. The van der Waals surface area contributed by atoms with E-state index in [4.69, 9.17) is 9.47 Å². The van der Waals surface area contributed by atoms with Gasteiger partial charge in [0.25, 0.3) is 0 Å². The molecule has 2 aliphatic heterocycles. The van der Waals surface area contributed by atoms with Gasteiger partial charge in [0, 0.05) is 24.7 Å². The fraction of sp³-hybridized carbons (Fsp3) is 0.458. The van der Waals surface area contributed by atoms with Gasteiger partial charge < -0.3 is 14.4 Å². The number of hydrogen-bond donors (Lipinski definition) is 0. The van der Waals surface area contributed by atoms with Crippen LogP contribution in [0.5, 0.6) is 11.5 Å². The smallest absolute Gasteiger partial charge is 0.241 e. The average Bonchev–Trinajstić information content (AvgIpc) is 3.05. The lowest BCUT2D eigenvalue weighted by molar-refractivity contribution is -0.119. The Labute approximate surface area is 173 Å². The van der Waals surface area contributed by atoms with Crippen LogP contribution in [0, 0.1) is 6.92 Å². The van der Waals surface area contributed by atoms with E-state index in [0.29, 0.717) is 26.3 Å². The van der Waals surface area contributed by atoms with Crippen LogP contribution < -0.4 is 14.4 Å². The molecule has 29 heavy (non-hydrogen) atoms. The average molecular weight is 395 g/mol. The van der Waals surface area contributed by atoms with Gasteiger partial charge in [-0.3, -0.25) is 9.69 Å². The molecular formula is C24H30N2O3. The zero-order chi connectivity index (χ0) is 20.2. The molecule has 0 aromatic heterocycles. The molecule has 2 aliphatic rings. The maximum absolute atomic E-state index is 13.2. The summed E-state index contributed by atoms with van der Waals surface area (Å²) in [5.74, 6) is 1.81. The molecule has 0 N–H and O–H groups in total. The first kappa shape index (κ1) is 19.8. The number of fused-ring (bicyclic) bond motifs is 1. The Morgan fingerprint density at radius 1 is 1.10 bits per heavy atom. The number of likely N-dealkylation sites (N-methyl/N-ethyl adjacent to an activating group) is 1. The van der Waals surface area contributed by atoms with Crippen LogP contribution >= 0.6 is 0 Å². The summed E-state index contributed by atoms with van der Waals surface area (Å²) in [7, 11) is 0. The van der Waals surface area contributed by atoms with E-state index in [1.54, 1.807) is 0 Å². The highest BCUT2D eigenvalue weighted by Gasteiger charge is 2.30. The number of ether oxygens (including phenoxy) is 2. The van der Waals surface area contributed by atoms with Gasteiger partial charge in [-0.2, -0.15) is 0 Å². The lowest BCUT2D eigenvalue weighted by Gasteiger charge is -2.29. The molecule has 4 rings (SSSR count). The summed E-state index contributed by atoms with van der Waals surface area (Å²) in [6.45, 7) is 7.52. The van der Waals surface area contributed by atoms with Gasteiger partial charge in [-0.25, -0.2) is 0 Å². The third-order valence-electron chi connectivity index (χ3n) is 5.88. The predicted octanol–water partition coefficient (Wildman–Crippen LogP) is 4.35. The largest absolute Gasteiger partial charge is 0.490 e. The number of nitrogens with zero attached hydrogens (tertiary/aromatic N) is 2. The standard InChI is InChI=1S/C24H30N2O3/c1-3-26(20-9-5-4-8-18(20)2)24(27)17-25-13-6-10-21(25)19-11-12-22-23(16-19)29-15-7-14-28-22/h4-5,8-9,11-12,16,21H,3,6-7,10,13-15,17H2,1-2H3/t21-/m0/s1. The lowest BCUT2D eigenvalue weighted by atomic mass is 10.0. The highest BCUT2D eigenvalue weighted by molar-refractivity contribution is 5.95. The van der Waals surface area contributed by atoms with Crippen molar-refractivity contribution in [1.29, 1.82) is 0 Å². The number of carbonyl (C=O) groups is 1. The number of benzene rings is 2. The molecule has 2 heterocycles. The van der Waals surface area contributed by atoms with Crippen molar-refractivity contribution in [2.24, 2.45) is 0 Å². The normalized spacial score (nSPS) is 19.0. The first-order valence-electron chi connectivity index (χ1n) is 10.7. The number of carbonyl (C=O) groups excluding carboxylic acids is 1. The first-order chi connectivity index (χ1) is 14.2. The number of likely N-dealkylation sites (tertiary alicyclic amines) is 1. The fourth-order valence-corrected chi connectivity index (χ4v) is 4.39. The van der Waals surface area contributed by atoms with Crippen LogP contribution in [0.25, 0.3) is 0 Å². The number of rotatable bonds is 5. The summed E-state index contributed by atoms with van der Waals surface area (Å²) in [4.78, 5) is 17.4. The maximum Gasteiger partial charge on any atom is 0.241 e. The molecule has 2 aromatic rings. The fourth-order valence-electron chi connectivity index (χ4n) is 4.39. The second-order valence-corrected chi connectivity index (χ2v) is 7.81. The van der Waals surface area contributed by atoms with Gasteiger partial charge in [-0.15, -0.1) is 0 Å². The van der Waals surface area contributed by atoms with Gasteiger partial charge in [0.1, 0.15) is 0 Å². The molecule has 1 saturated heterocycles. The van der Waals surface area contributed by atoms with Gasteiger partial charge in [-0.05, 0) is 62.6 Å². The lowest BCUT2D eigenvalue weighted by Crippen LogP contribution is -2.40. The Hall–Kier alpha value is -2.53. The summed E-state index contributed by atoms with van der Waals surface area (Å²) >= 11 is 0. The maximum atomic E-state index is 13.2. The van der Waals surface area contributed by atoms with Crippen molar-refractivity contribution in [1.82, 2.24) is 4.90 Å². The third-order valence-corrected chi connectivity index (χ3v) is 5.88. The van der Waals surface area contributed by atoms with Gasteiger partial charge in [0.15, 0.2) is 11.5 Å². The molecular weight excluding hydrogens is 364 g/mol. The van der Waals surface area contributed by atoms with E-state index in [0.717, 1.165) is 48.6 Å². The number of para-hydroxylation sites is 1. The van der Waals surface area contributed by atoms with Crippen molar-refractivity contribution < 1.29 is 14.3 Å². The highest BCUT2D eigenvalue weighted by Crippen LogP contribution is 2.38. The topological polar surface area (TPSA) is 42.0 Å². The molecule has 0 unspecified atom stereocenters. The SMILES string of the molecule is CCN(C(=O)CN1CCC[C@H]1c1ccc2c(c1)OCCCO2)c1ccccc1C. The molecule has 154 valence electrons.